The van der Waals surface area contributed by atoms with E-state index in [4.69, 9.17) is 36.3 Å². The predicted molar refractivity (Wildman–Crippen MR) is 126 cm³/mol. The second kappa shape index (κ2) is 9.77. The van der Waals surface area contributed by atoms with E-state index in [-0.39, 0.29) is 17.2 Å². The molecule has 0 saturated heterocycles. The average Bonchev–Trinajstić information content (AvgIpc) is 2.83. The molecule has 0 bridgehead atoms. The molecule has 172 valence electrons. The number of fused-ring (bicyclic) bond motifs is 1. The molecule has 1 aliphatic rings. The number of esters is 1. The van der Waals surface area contributed by atoms with Crippen LogP contribution in [0.2, 0.25) is 5.02 Å². The van der Waals surface area contributed by atoms with Crippen LogP contribution in [-0.4, -0.2) is 19.7 Å². The molecule has 0 aliphatic carbocycles. The molecule has 1 heterocycles. The van der Waals surface area contributed by atoms with Crippen molar-refractivity contribution in [3.63, 3.8) is 0 Å². The van der Waals surface area contributed by atoms with Crippen molar-refractivity contribution in [2.24, 2.45) is 5.73 Å². The van der Waals surface area contributed by atoms with Crippen molar-refractivity contribution in [3.05, 3.63) is 93.8 Å². The van der Waals surface area contributed by atoms with Gasteiger partial charge in [-0.1, -0.05) is 29.8 Å². The Kier molecular flexibility index (Phi) is 6.62. The molecule has 0 saturated carbocycles. The zero-order valence-corrected chi connectivity index (χ0v) is 19.3. The molecule has 0 radical (unpaired) electrons. The Bertz CT molecular complexity index is 1330. The molecule has 0 spiro atoms. The molecule has 4 rings (SSSR count). The van der Waals surface area contributed by atoms with E-state index in [1.807, 2.05) is 19.1 Å². The summed E-state index contributed by atoms with van der Waals surface area (Å²) in [6, 6.07) is 19.0. The lowest BCUT2D eigenvalue weighted by atomic mass is 9.83. The number of ether oxygens (including phenoxy) is 4. The standard InChI is InChI=1S/C26H21ClN2O5/c1-3-32-21-10-7-15(12-23(21)31-2)24-19-9-8-18(13-22(19)34-25(29)20(24)14-28)33-26(30)16-5-4-6-17(27)11-16/h4-13,24H,3,29H2,1-2H3. The molecule has 1 unspecified atom stereocenters. The van der Waals surface area contributed by atoms with Gasteiger partial charge in [-0.15, -0.1) is 0 Å². The third-order valence-corrected chi connectivity index (χ3v) is 5.52. The second-order valence-electron chi connectivity index (χ2n) is 7.37. The number of hydrogen-bond acceptors (Lipinski definition) is 7. The summed E-state index contributed by atoms with van der Waals surface area (Å²) >= 11 is 5.96. The molecule has 0 amide bonds. The van der Waals surface area contributed by atoms with Crippen molar-refractivity contribution < 1.29 is 23.7 Å². The van der Waals surface area contributed by atoms with Crippen LogP contribution in [0.5, 0.6) is 23.0 Å². The minimum atomic E-state index is -0.563. The fraction of sp³-hybridized carbons (Fsp3) is 0.154. The lowest BCUT2D eigenvalue weighted by Crippen LogP contribution is -2.21. The Labute approximate surface area is 201 Å². The van der Waals surface area contributed by atoms with Crippen LogP contribution in [0.4, 0.5) is 0 Å². The Balaban J connectivity index is 1.71. The number of carbonyl (C=O) groups excluding carboxylic acids is 1. The number of benzene rings is 3. The second-order valence-corrected chi connectivity index (χ2v) is 7.80. The molecule has 7 nitrogen and oxygen atoms in total. The van der Waals surface area contributed by atoms with Gasteiger partial charge in [0.1, 0.15) is 23.1 Å². The van der Waals surface area contributed by atoms with Crippen molar-refractivity contribution in [1.82, 2.24) is 0 Å². The average molecular weight is 477 g/mol. The zero-order valence-electron chi connectivity index (χ0n) is 18.5. The Hall–Kier alpha value is -4.15. The van der Waals surface area contributed by atoms with E-state index in [1.165, 1.54) is 6.07 Å². The SMILES string of the molecule is CCOc1ccc(C2C(C#N)=C(N)Oc3cc(OC(=O)c4cccc(Cl)c4)ccc32)cc1OC. The summed E-state index contributed by atoms with van der Waals surface area (Å²) < 4.78 is 22.3. The molecule has 8 heteroatoms. The van der Waals surface area contributed by atoms with Crippen LogP contribution in [0.25, 0.3) is 0 Å². The van der Waals surface area contributed by atoms with Crippen molar-refractivity contribution in [1.29, 1.82) is 5.26 Å². The highest BCUT2D eigenvalue weighted by molar-refractivity contribution is 6.30. The molecule has 34 heavy (non-hydrogen) atoms. The minimum absolute atomic E-state index is 0.0221. The van der Waals surface area contributed by atoms with Crippen molar-refractivity contribution in [2.75, 3.05) is 13.7 Å². The third kappa shape index (κ3) is 4.49. The van der Waals surface area contributed by atoms with E-state index in [0.29, 0.717) is 40.0 Å². The maximum atomic E-state index is 12.5. The van der Waals surface area contributed by atoms with Crippen molar-refractivity contribution in [2.45, 2.75) is 12.8 Å². The van der Waals surface area contributed by atoms with Crippen LogP contribution in [0.3, 0.4) is 0 Å². The maximum Gasteiger partial charge on any atom is 0.343 e. The van der Waals surface area contributed by atoms with E-state index < -0.39 is 11.9 Å². The third-order valence-electron chi connectivity index (χ3n) is 5.28. The Morgan fingerprint density at radius 1 is 1.15 bits per heavy atom. The molecule has 3 aromatic rings. The van der Waals surface area contributed by atoms with E-state index in [2.05, 4.69) is 6.07 Å². The highest BCUT2D eigenvalue weighted by Crippen LogP contribution is 2.45. The largest absolute Gasteiger partial charge is 0.493 e. The first-order valence-corrected chi connectivity index (χ1v) is 10.8. The number of hydrogen-bond donors (Lipinski definition) is 1. The van der Waals surface area contributed by atoms with Crippen LogP contribution in [-0.2, 0) is 0 Å². The van der Waals surface area contributed by atoms with Gasteiger partial charge in [0.05, 0.1) is 25.2 Å². The van der Waals surface area contributed by atoms with Crippen LogP contribution >= 0.6 is 11.6 Å². The van der Waals surface area contributed by atoms with E-state index in [0.717, 1.165) is 5.56 Å². The summed E-state index contributed by atoms with van der Waals surface area (Å²) in [6.07, 6.45) is 0. The summed E-state index contributed by atoms with van der Waals surface area (Å²) in [5, 5.41) is 10.2. The molecule has 3 aromatic carbocycles. The van der Waals surface area contributed by atoms with Crippen LogP contribution in [0, 0.1) is 11.3 Å². The summed E-state index contributed by atoms with van der Waals surface area (Å²) in [4.78, 5) is 12.5. The van der Waals surface area contributed by atoms with Gasteiger partial charge >= 0.3 is 5.97 Å². The molecule has 2 N–H and O–H groups in total. The first-order chi connectivity index (χ1) is 16.4. The molecular weight excluding hydrogens is 456 g/mol. The van der Waals surface area contributed by atoms with Gasteiger partial charge in [0.2, 0.25) is 5.88 Å². The van der Waals surface area contributed by atoms with Crippen LogP contribution in [0.1, 0.15) is 34.3 Å². The summed E-state index contributed by atoms with van der Waals surface area (Å²) in [5.74, 6) is 0.690. The number of nitrogens with zero attached hydrogens (tertiary/aromatic N) is 1. The molecule has 1 aliphatic heterocycles. The van der Waals surface area contributed by atoms with Gasteiger partial charge in [0.15, 0.2) is 11.5 Å². The van der Waals surface area contributed by atoms with E-state index >= 15 is 0 Å². The normalized spacial score (nSPS) is 14.5. The number of rotatable bonds is 6. The van der Waals surface area contributed by atoms with E-state index in [9.17, 15) is 10.1 Å². The lowest BCUT2D eigenvalue weighted by Gasteiger charge is -2.27. The van der Waals surface area contributed by atoms with Crippen molar-refractivity contribution >= 4 is 17.6 Å². The van der Waals surface area contributed by atoms with Gasteiger partial charge in [-0.05, 0) is 48.9 Å². The molecule has 0 fully saturated rings. The smallest absolute Gasteiger partial charge is 0.343 e. The number of carbonyl (C=O) groups is 1. The number of allylic oxidation sites excluding steroid dienone is 1. The van der Waals surface area contributed by atoms with Gasteiger partial charge in [-0.2, -0.15) is 5.26 Å². The maximum absolute atomic E-state index is 12.5. The summed E-state index contributed by atoms with van der Waals surface area (Å²) in [5.41, 5.74) is 8.14. The van der Waals surface area contributed by atoms with Gasteiger partial charge in [0, 0.05) is 16.7 Å². The minimum Gasteiger partial charge on any atom is -0.493 e. The summed E-state index contributed by atoms with van der Waals surface area (Å²) in [6.45, 7) is 2.37. The number of methoxy groups -OCH3 is 1. The number of nitrogens with two attached hydrogens (primary N) is 1. The topological polar surface area (TPSA) is 104 Å². The number of halogens is 1. The highest BCUT2D eigenvalue weighted by Gasteiger charge is 2.31. The van der Waals surface area contributed by atoms with Gasteiger partial charge in [-0.25, -0.2) is 4.79 Å². The van der Waals surface area contributed by atoms with Crippen LogP contribution in [0.15, 0.2) is 72.1 Å². The van der Waals surface area contributed by atoms with Gasteiger partial charge < -0.3 is 24.7 Å². The molecule has 0 aromatic heterocycles. The molecular formula is C26H21ClN2O5. The Morgan fingerprint density at radius 3 is 2.68 bits per heavy atom. The Morgan fingerprint density at radius 2 is 1.97 bits per heavy atom. The highest BCUT2D eigenvalue weighted by atomic mass is 35.5. The summed E-state index contributed by atoms with van der Waals surface area (Å²) in [7, 11) is 1.55. The fourth-order valence-corrected chi connectivity index (χ4v) is 3.95. The van der Waals surface area contributed by atoms with Crippen LogP contribution < -0.4 is 24.7 Å². The lowest BCUT2D eigenvalue weighted by molar-refractivity contribution is 0.0734. The first-order valence-electron chi connectivity index (χ1n) is 10.4. The van der Waals surface area contributed by atoms with Gasteiger partial charge in [0.25, 0.3) is 0 Å². The quantitative estimate of drug-likeness (QED) is 0.386. The monoisotopic (exact) mass is 476 g/mol. The fourth-order valence-electron chi connectivity index (χ4n) is 3.76. The molecule has 1 atom stereocenters. The predicted octanol–water partition coefficient (Wildman–Crippen LogP) is 5.18. The first kappa shape index (κ1) is 23.0. The van der Waals surface area contributed by atoms with E-state index in [1.54, 1.807) is 49.6 Å². The zero-order chi connectivity index (χ0) is 24.2. The van der Waals surface area contributed by atoms with Crippen molar-refractivity contribution in [3.8, 4) is 29.1 Å². The number of nitriles is 1. The van der Waals surface area contributed by atoms with Gasteiger partial charge in [-0.3, -0.25) is 0 Å².